The molecule has 96 valence electrons. The molecule has 2 aliphatic rings. The van der Waals surface area contributed by atoms with E-state index in [4.69, 9.17) is 0 Å². The molecule has 1 aromatic rings. The molecule has 0 saturated carbocycles. The Morgan fingerprint density at radius 2 is 1.94 bits per heavy atom. The van der Waals surface area contributed by atoms with E-state index in [-0.39, 0.29) is 5.91 Å². The van der Waals surface area contributed by atoms with Gasteiger partial charge in [-0.2, -0.15) is 0 Å². The summed E-state index contributed by atoms with van der Waals surface area (Å²) in [6.45, 7) is 5.72. The Morgan fingerprint density at radius 3 is 2.61 bits per heavy atom. The molecule has 1 saturated heterocycles. The third-order valence-corrected chi connectivity index (χ3v) is 4.87. The van der Waals surface area contributed by atoms with E-state index < -0.39 is 0 Å². The summed E-state index contributed by atoms with van der Waals surface area (Å²) in [5, 5.41) is 0. The highest BCUT2D eigenvalue weighted by atomic mass is 16.2. The van der Waals surface area contributed by atoms with E-state index in [2.05, 4.69) is 25.1 Å². The van der Waals surface area contributed by atoms with Crippen LogP contribution in [0.1, 0.15) is 42.9 Å². The van der Waals surface area contributed by atoms with Crippen LogP contribution in [0.25, 0.3) is 0 Å². The monoisotopic (exact) mass is 243 g/mol. The molecule has 1 aliphatic heterocycles. The van der Waals surface area contributed by atoms with Crippen molar-refractivity contribution < 1.29 is 4.79 Å². The third kappa shape index (κ3) is 1.75. The number of piperidine rings is 1. The summed E-state index contributed by atoms with van der Waals surface area (Å²) in [4.78, 5) is 13.4. The number of carbonyl (C=O) groups is 1. The second-order valence-electron chi connectivity index (χ2n) is 5.95. The molecule has 1 fully saturated rings. The maximum atomic E-state index is 11.4. The molecular weight excluding hydrogens is 222 g/mol. The minimum absolute atomic E-state index is 0.229. The van der Waals surface area contributed by atoms with Crippen LogP contribution in [0, 0.1) is 6.92 Å². The third-order valence-electron chi connectivity index (χ3n) is 4.87. The van der Waals surface area contributed by atoms with Crippen molar-refractivity contribution in [2.45, 2.75) is 44.9 Å². The standard InChI is InChI=1S/C16H21NO/c1-12-3-4-15-14(11-12)5-6-16(15)7-9-17(10-8-16)13(2)18/h3-4,11H,5-10H2,1-2H3. The van der Waals surface area contributed by atoms with Crippen molar-refractivity contribution in [3.05, 3.63) is 34.9 Å². The van der Waals surface area contributed by atoms with Crippen molar-refractivity contribution in [1.29, 1.82) is 0 Å². The van der Waals surface area contributed by atoms with E-state index in [0.29, 0.717) is 5.41 Å². The summed E-state index contributed by atoms with van der Waals surface area (Å²) >= 11 is 0. The molecule has 3 rings (SSSR count). The van der Waals surface area contributed by atoms with Crippen LogP contribution in [0.5, 0.6) is 0 Å². The SMILES string of the molecule is CC(=O)N1CCC2(CCc3cc(C)ccc32)CC1. The lowest BCUT2D eigenvalue weighted by Gasteiger charge is -2.40. The van der Waals surface area contributed by atoms with Gasteiger partial charge in [-0.1, -0.05) is 23.8 Å². The summed E-state index contributed by atoms with van der Waals surface area (Å²) in [6, 6.07) is 6.92. The molecule has 1 aromatic carbocycles. The van der Waals surface area contributed by atoms with Crippen molar-refractivity contribution in [2.75, 3.05) is 13.1 Å². The largest absolute Gasteiger partial charge is 0.343 e. The highest BCUT2D eigenvalue weighted by molar-refractivity contribution is 5.73. The average Bonchev–Trinajstić information content (AvgIpc) is 2.68. The molecule has 0 atom stereocenters. The highest BCUT2D eigenvalue weighted by Crippen LogP contribution is 2.46. The Balaban J connectivity index is 1.86. The van der Waals surface area contributed by atoms with Gasteiger partial charge >= 0.3 is 0 Å². The van der Waals surface area contributed by atoms with Gasteiger partial charge in [0.05, 0.1) is 0 Å². The Bertz CT molecular complexity index is 484. The maximum absolute atomic E-state index is 11.4. The highest BCUT2D eigenvalue weighted by Gasteiger charge is 2.41. The van der Waals surface area contributed by atoms with Crippen LogP contribution in [0.3, 0.4) is 0 Å². The number of amides is 1. The number of likely N-dealkylation sites (tertiary alicyclic amines) is 1. The van der Waals surface area contributed by atoms with E-state index in [1.807, 2.05) is 4.90 Å². The minimum Gasteiger partial charge on any atom is -0.343 e. The lowest BCUT2D eigenvalue weighted by atomic mass is 9.74. The van der Waals surface area contributed by atoms with E-state index in [1.54, 1.807) is 18.1 Å². The summed E-state index contributed by atoms with van der Waals surface area (Å²) < 4.78 is 0. The summed E-state index contributed by atoms with van der Waals surface area (Å²) in [5.74, 6) is 0.229. The number of hydrogen-bond donors (Lipinski definition) is 0. The number of fused-ring (bicyclic) bond motifs is 2. The predicted molar refractivity (Wildman–Crippen MR) is 72.7 cm³/mol. The average molecular weight is 243 g/mol. The fourth-order valence-electron chi connectivity index (χ4n) is 3.72. The zero-order valence-corrected chi connectivity index (χ0v) is 11.3. The van der Waals surface area contributed by atoms with Crippen molar-refractivity contribution >= 4 is 5.91 Å². The van der Waals surface area contributed by atoms with Crippen LogP contribution in [-0.2, 0) is 16.6 Å². The van der Waals surface area contributed by atoms with Crippen LogP contribution in [0.15, 0.2) is 18.2 Å². The zero-order valence-electron chi connectivity index (χ0n) is 11.3. The number of rotatable bonds is 0. The minimum atomic E-state index is 0.229. The van der Waals surface area contributed by atoms with Crippen LogP contribution < -0.4 is 0 Å². The fraction of sp³-hybridized carbons (Fsp3) is 0.562. The molecule has 2 nitrogen and oxygen atoms in total. The van der Waals surface area contributed by atoms with Gasteiger partial charge in [-0.3, -0.25) is 4.79 Å². The summed E-state index contributed by atoms with van der Waals surface area (Å²) in [5.41, 5.74) is 4.85. The molecule has 0 unspecified atom stereocenters. The van der Waals surface area contributed by atoms with Crippen molar-refractivity contribution in [3.8, 4) is 0 Å². The Hall–Kier alpha value is -1.31. The molecule has 18 heavy (non-hydrogen) atoms. The summed E-state index contributed by atoms with van der Waals surface area (Å²) in [7, 11) is 0. The first-order chi connectivity index (χ1) is 8.61. The van der Waals surface area contributed by atoms with Gasteiger partial charge in [0.1, 0.15) is 0 Å². The second kappa shape index (κ2) is 4.11. The molecule has 0 radical (unpaired) electrons. The van der Waals surface area contributed by atoms with E-state index in [1.165, 1.54) is 18.4 Å². The van der Waals surface area contributed by atoms with Gasteiger partial charge in [-0.05, 0) is 49.1 Å². The van der Waals surface area contributed by atoms with E-state index >= 15 is 0 Å². The Labute approximate surface area is 109 Å². The van der Waals surface area contributed by atoms with Gasteiger partial charge in [0.15, 0.2) is 0 Å². The number of carbonyl (C=O) groups excluding carboxylic acids is 1. The smallest absolute Gasteiger partial charge is 0.219 e. The topological polar surface area (TPSA) is 20.3 Å². The first-order valence-electron chi connectivity index (χ1n) is 6.96. The molecule has 2 heteroatoms. The van der Waals surface area contributed by atoms with Gasteiger partial charge < -0.3 is 4.90 Å². The van der Waals surface area contributed by atoms with Crippen molar-refractivity contribution in [2.24, 2.45) is 0 Å². The van der Waals surface area contributed by atoms with Gasteiger partial charge in [0.25, 0.3) is 0 Å². The van der Waals surface area contributed by atoms with Gasteiger partial charge in [-0.25, -0.2) is 0 Å². The maximum Gasteiger partial charge on any atom is 0.219 e. The Morgan fingerprint density at radius 1 is 1.22 bits per heavy atom. The molecule has 0 N–H and O–H groups in total. The quantitative estimate of drug-likeness (QED) is 0.686. The normalized spacial score (nSPS) is 21.1. The number of nitrogens with zero attached hydrogens (tertiary/aromatic N) is 1. The Kier molecular flexibility index (Phi) is 2.69. The molecule has 1 aliphatic carbocycles. The molecular formula is C16H21NO. The first kappa shape index (κ1) is 11.8. The van der Waals surface area contributed by atoms with E-state index in [9.17, 15) is 4.79 Å². The van der Waals surface area contributed by atoms with Gasteiger partial charge in [0, 0.05) is 20.0 Å². The van der Waals surface area contributed by atoms with Crippen LogP contribution in [0.2, 0.25) is 0 Å². The number of hydrogen-bond acceptors (Lipinski definition) is 1. The van der Waals surface area contributed by atoms with Crippen LogP contribution in [0.4, 0.5) is 0 Å². The first-order valence-corrected chi connectivity index (χ1v) is 6.96. The summed E-state index contributed by atoms with van der Waals surface area (Å²) in [6.07, 6.45) is 4.78. The van der Waals surface area contributed by atoms with Gasteiger partial charge in [0.2, 0.25) is 5.91 Å². The predicted octanol–water partition coefficient (Wildman–Crippen LogP) is 2.82. The lowest BCUT2D eigenvalue weighted by molar-refractivity contribution is -0.130. The number of benzene rings is 1. The second-order valence-corrected chi connectivity index (χ2v) is 5.95. The molecule has 1 amide bonds. The van der Waals surface area contributed by atoms with Crippen molar-refractivity contribution in [3.63, 3.8) is 0 Å². The van der Waals surface area contributed by atoms with Crippen molar-refractivity contribution in [1.82, 2.24) is 4.90 Å². The molecule has 0 bridgehead atoms. The molecule has 0 aromatic heterocycles. The zero-order chi connectivity index (χ0) is 12.8. The fourth-order valence-corrected chi connectivity index (χ4v) is 3.72. The van der Waals surface area contributed by atoms with Crippen LogP contribution >= 0.6 is 0 Å². The molecule has 1 heterocycles. The van der Waals surface area contributed by atoms with E-state index in [0.717, 1.165) is 25.9 Å². The van der Waals surface area contributed by atoms with Crippen LogP contribution in [-0.4, -0.2) is 23.9 Å². The molecule has 1 spiro atoms. The lowest BCUT2D eigenvalue weighted by Crippen LogP contribution is -2.43. The van der Waals surface area contributed by atoms with Gasteiger partial charge in [-0.15, -0.1) is 0 Å². The number of aryl methyl sites for hydroxylation is 2.